The smallest absolute Gasteiger partial charge is 0.449 e. The molecule has 0 fully saturated rings. The van der Waals surface area contributed by atoms with Gasteiger partial charge in [-0.05, 0) is 35.7 Å². The number of carbonyl (C=O) groups excluding carboxylic acids is 1. The SMILES string of the molecule is CC(=O)NCCn1cc(OC(=O)O)c(=O)c2cc(Cc3cccc(Cl)c3Cl)ccc21. The van der Waals surface area contributed by atoms with Gasteiger partial charge in [-0.3, -0.25) is 9.59 Å². The predicted octanol–water partition coefficient (Wildman–Crippen LogP) is 4.09. The van der Waals surface area contributed by atoms with Gasteiger partial charge in [-0.15, -0.1) is 0 Å². The Bertz CT molecular complexity index is 1190. The molecule has 3 rings (SSSR count). The Kier molecular flexibility index (Phi) is 6.64. The zero-order chi connectivity index (χ0) is 21.8. The van der Waals surface area contributed by atoms with E-state index in [4.69, 9.17) is 28.3 Å². The summed E-state index contributed by atoms with van der Waals surface area (Å²) in [6.07, 6.45) is 0.181. The number of hydrogen-bond acceptors (Lipinski definition) is 4. The zero-order valence-corrected chi connectivity index (χ0v) is 17.5. The number of aromatic nitrogens is 1. The van der Waals surface area contributed by atoms with Crippen molar-refractivity contribution in [3.63, 3.8) is 0 Å². The molecule has 0 bridgehead atoms. The Balaban J connectivity index is 2.06. The second-order valence-corrected chi connectivity index (χ2v) is 7.39. The van der Waals surface area contributed by atoms with Crippen molar-refractivity contribution in [3.05, 3.63) is 74.0 Å². The molecule has 0 unspecified atom stereocenters. The highest BCUT2D eigenvalue weighted by atomic mass is 35.5. The molecule has 0 spiro atoms. The molecule has 0 aliphatic carbocycles. The maximum absolute atomic E-state index is 12.8. The van der Waals surface area contributed by atoms with Crippen molar-refractivity contribution in [1.29, 1.82) is 0 Å². The molecule has 156 valence electrons. The lowest BCUT2D eigenvalue weighted by molar-refractivity contribution is -0.118. The molecule has 0 aliphatic heterocycles. The lowest BCUT2D eigenvalue weighted by atomic mass is 10.0. The maximum Gasteiger partial charge on any atom is 0.511 e. The van der Waals surface area contributed by atoms with Gasteiger partial charge < -0.3 is 19.7 Å². The Morgan fingerprint density at radius 2 is 1.97 bits per heavy atom. The third-order valence-electron chi connectivity index (χ3n) is 4.46. The van der Waals surface area contributed by atoms with Gasteiger partial charge in [0, 0.05) is 25.4 Å². The fourth-order valence-corrected chi connectivity index (χ4v) is 3.52. The number of fused-ring (bicyclic) bond motifs is 1. The van der Waals surface area contributed by atoms with Crippen molar-refractivity contribution in [2.45, 2.75) is 19.9 Å². The summed E-state index contributed by atoms with van der Waals surface area (Å²) in [5, 5.41) is 12.8. The zero-order valence-electron chi connectivity index (χ0n) is 15.9. The third kappa shape index (κ3) is 4.93. The average molecular weight is 449 g/mol. The number of pyridine rings is 1. The summed E-state index contributed by atoms with van der Waals surface area (Å²) in [5.41, 5.74) is 1.64. The van der Waals surface area contributed by atoms with Crippen LogP contribution in [0, 0.1) is 0 Å². The summed E-state index contributed by atoms with van der Waals surface area (Å²) in [7, 11) is 0. The molecule has 7 nitrogen and oxygen atoms in total. The summed E-state index contributed by atoms with van der Waals surface area (Å²) in [6.45, 7) is 2.03. The lowest BCUT2D eigenvalue weighted by Crippen LogP contribution is -2.25. The van der Waals surface area contributed by atoms with Crippen molar-refractivity contribution >= 4 is 46.2 Å². The number of rotatable bonds is 6. The third-order valence-corrected chi connectivity index (χ3v) is 5.32. The van der Waals surface area contributed by atoms with E-state index in [9.17, 15) is 14.4 Å². The number of hydrogen-bond donors (Lipinski definition) is 2. The molecule has 1 heterocycles. The molecule has 1 amide bonds. The molecular weight excluding hydrogens is 431 g/mol. The minimum Gasteiger partial charge on any atom is -0.449 e. The second kappa shape index (κ2) is 9.19. The summed E-state index contributed by atoms with van der Waals surface area (Å²) in [6, 6.07) is 10.6. The van der Waals surface area contributed by atoms with E-state index in [0.717, 1.165) is 11.1 Å². The van der Waals surface area contributed by atoms with Crippen LogP contribution in [0.5, 0.6) is 5.75 Å². The van der Waals surface area contributed by atoms with Gasteiger partial charge in [0.2, 0.25) is 11.3 Å². The van der Waals surface area contributed by atoms with Crippen LogP contribution in [0.3, 0.4) is 0 Å². The number of nitrogens with one attached hydrogen (secondary N) is 1. The number of ether oxygens (including phenoxy) is 1. The van der Waals surface area contributed by atoms with E-state index >= 15 is 0 Å². The van der Waals surface area contributed by atoms with Crippen LogP contribution in [0.15, 0.2) is 47.4 Å². The van der Waals surface area contributed by atoms with Crippen molar-refractivity contribution in [3.8, 4) is 5.75 Å². The Morgan fingerprint density at radius 3 is 2.67 bits per heavy atom. The van der Waals surface area contributed by atoms with Crippen LogP contribution >= 0.6 is 23.2 Å². The van der Waals surface area contributed by atoms with Crippen LogP contribution in [-0.2, 0) is 17.8 Å². The van der Waals surface area contributed by atoms with Gasteiger partial charge in [0.15, 0.2) is 5.75 Å². The van der Waals surface area contributed by atoms with E-state index in [1.165, 1.54) is 13.1 Å². The quantitative estimate of drug-likeness (QED) is 0.553. The first-order valence-corrected chi connectivity index (χ1v) is 9.76. The summed E-state index contributed by atoms with van der Waals surface area (Å²) < 4.78 is 6.34. The van der Waals surface area contributed by atoms with E-state index in [2.05, 4.69) is 10.1 Å². The van der Waals surface area contributed by atoms with Crippen molar-refractivity contribution in [2.24, 2.45) is 0 Å². The standard InChI is InChI=1S/C21H18Cl2N2O5/c1-12(26)24-7-8-25-11-18(30-21(28)29)20(27)15-10-13(5-6-17(15)25)9-14-3-2-4-16(22)19(14)23/h2-6,10-11H,7-9H2,1H3,(H,24,26)(H,28,29). The molecule has 0 radical (unpaired) electrons. The van der Waals surface area contributed by atoms with Crippen LogP contribution in [0.25, 0.3) is 10.9 Å². The molecule has 9 heteroatoms. The number of carbonyl (C=O) groups is 2. The van der Waals surface area contributed by atoms with E-state index < -0.39 is 11.6 Å². The van der Waals surface area contributed by atoms with Crippen LogP contribution in [0.2, 0.25) is 10.0 Å². The molecular formula is C21H18Cl2N2O5. The highest BCUT2D eigenvalue weighted by Crippen LogP contribution is 2.28. The van der Waals surface area contributed by atoms with Gasteiger partial charge in [-0.1, -0.05) is 41.4 Å². The van der Waals surface area contributed by atoms with E-state index in [1.807, 2.05) is 12.1 Å². The van der Waals surface area contributed by atoms with Crippen LogP contribution in [0.4, 0.5) is 4.79 Å². The van der Waals surface area contributed by atoms with Gasteiger partial charge in [0.1, 0.15) is 0 Å². The Morgan fingerprint density at radius 1 is 1.20 bits per heavy atom. The van der Waals surface area contributed by atoms with Crippen molar-refractivity contribution in [1.82, 2.24) is 9.88 Å². The first kappa shape index (κ1) is 21.7. The van der Waals surface area contributed by atoms with Crippen molar-refractivity contribution < 1.29 is 19.4 Å². The minimum atomic E-state index is -1.58. The van der Waals surface area contributed by atoms with E-state index in [-0.39, 0.29) is 11.7 Å². The number of carboxylic acid groups (broad SMARTS) is 1. The fourth-order valence-electron chi connectivity index (χ4n) is 3.14. The molecule has 0 saturated carbocycles. The molecule has 30 heavy (non-hydrogen) atoms. The molecule has 0 atom stereocenters. The topological polar surface area (TPSA) is 97.6 Å². The highest BCUT2D eigenvalue weighted by Gasteiger charge is 2.14. The number of benzene rings is 2. The molecule has 1 aromatic heterocycles. The molecule has 0 aliphatic rings. The van der Waals surface area contributed by atoms with Crippen LogP contribution < -0.4 is 15.5 Å². The van der Waals surface area contributed by atoms with E-state index in [1.54, 1.807) is 28.8 Å². The minimum absolute atomic E-state index is 0.192. The number of halogens is 2. The lowest BCUT2D eigenvalue weighted by Gasteiger charge is -2.14. The maximum atomic E-state index is 12.8. The van der Waals surface area contributed by atoms with Crippen molar-refractivity contribution in [2.75, 3.05) is 6.54 Å². The first-order valence-electron chi connectivity index (χ1n) is 9.00. The molecule has 2 aromatic carbocycles. The summed E-state index contributed by atoms with van der Waals surface area (Å²) >= 11 is 12.3. The van der Waals surface area contributed by atoms with Gasteiger partial charge in [0.05, 0.1) is 21.8 Å². The Labute approximate surface area is 181 Å². The normalized spacial score (nSPS) is 10.8. The second-order valence-electron chi connectivity index (χ2n) is 6.61. The van der Waals surface area contributed by atoms with Gasteiger partial charge in [-0.25, -0.2) is 4.79 Å². The van der Waals surface area contributed by atoms with Crippen LogP contribution in [-0.4, -0.2) is 28.3 Å². The Hall–Kier alpha value is -3.03. The highest BCUT2D eigenvalue weighted by molar-refractivity contribution is 6.42. The molecule has 2 N–H and O–H groups in total. The largest absolute Gasteiger partial charge is 0.511 e. The van der Waals surface area contributed by atoms with E-state index in [0.29, 0.717) is 40.5 Å². The monoisotopic (exact) mass is 448 g/mol. The van der Waals surface area contributed by atoms with Gasteiger partial charge in [-0.2, -0.15) is 0 Å². The number of amides is 1. The van der Waals surface area contributed by atoms with Gasteiger partial charge in [0.25, 0.3) is 0 Å². The molecule has 3 aromatic rings. The predicted molar refractivity (Wildman–Crippen MR) is 115 cm³/mol. The van der Waals surface area contributed by atoms with Gasteiger partial charge >= 0.3 is 6.16 Å². The fraction of sp³-hybridized carbons (Fsp3) is 0.190. The first-order chi connectivity index (χ1) is 14.3. The van der Waals surface area contributed by atoms with Crippen LogP contribution in [0.1, 0.15) is 18.1 Å². The summed E-state index contributed by atoms with van der Waals surface area (Å²) in [4.78, 5) is 34.9. The number of nitrogens with zero attached hydrogens (tertiary/aromatic N) is 1. The summed E-state index contributed by atoms with van der Waals surface area (Å²) in [5.74, 6) is -0.501. The average Bonchev–Trinajstić information content (AvgIpc) is 2.68. The molecule has 0 saturated heterocycles.